The van der Waals surface area contributed by atoms with E-state index < -0.39 is 0 Å². The van der Waals surface area contributed by atoms with Crippen molar-refractivity contribution in [2.75, 3.05) is 20.3 Å². The van der Waals surface area contributed by atoms with Crippen LogP contribution in [0.1, 0.15) is 22.8 Å². The van der Waals surface area contributed by atoms with Crippen LogP contribution in [0.4, 0.5) is 0 Å². The molecule has 0 saturated heterocycles. The van der Waals surface area contributed by atoms with Crippen molar-refractivity contribution in [2.45, 2.75) is 12.6 Å². The molecule has 2 aromatic carbocycles. The molecule has 0 amide bonds. The first-order chi connectivity index (χ1) is 10.3. The van der Waals surface area contributed by atoms with E-state index in [-0.39, 0.29) is 6.10 Å². The first kappa shape index (κ1) is 14.4. The fourth-order valence-corrected chi connectivity index (χ4v) is 2.86. The Morgan fingerprint density at radius 1 is 1.24 bits per heavy atom. The van der Waals surface area contributed by atoms with Crippen molar-refractivity contribution in [1.82, 2.24) is 5.32 Å². The summed E-state index contributed by atoms with van der Waals surface area (Å²) in [6.45, 7) is 2.37. The smallest absolute Gasteiger partial charge is 0.123 e. The van der Waals surface area contributed by atoms with Gasteiger partial charge in [0.1, 0.15) is 18.5 Å². The van der Waals surface area contributed by atoms with Crippen LogP contribution < -0.4 is 10.1 Å². The van der Waals surface area contributed by atoms with Gasteiger partial charge in [-0.25, -0.2) is 0 Å². The van der Waals surface area contributed by atoms with Crippen molar-refractivity contribution < 1.29 is 9.47 Å². The van der Waals surface area contributed by atoms with Crippen LogP contribution in [-0.2, 0) is 11.3 Å². The van der Waals surface area contributed by atoms with E-state index in [4.69, 9.17) is 21.1 Å². The zero-order valence-electron chi connectivity index (χ0n) is 11.9. The van der Waals surface area contributed by atoms with Crippen molar-refractivity contribution in [3.8, 4) is 5.75 Å². The van der Waals surface area contributed by atoms with Crippen molar-refractivity contribution in [3.63, 3.8) is 0 Å². The van der Waals surface area contributed by atoms with Crippen molar-refractivity contribution in [1.29, 1.82) is 0 Å². The van der Waals surface area contributed by atoms with E-state index in [1.165, 1.54) is 0 Å². The maximum absolute atomic E-state index is 6.30. The molecule has 1 heterocycles. The fourth-order valence-electron chi connectivity index (χ4n) is 2.63. The number of ether oxygens (including phenoxy) is 2. The first-order valence-corrected chi connectivity index (χ1v) is 7.41. The molecule has 110 valence electrons. The lowest BCUT2D eigenvalue weighted by molar-refractivity contribution is 0.136. The molecular weight excluding hydrogens is 286 g/mol. The molecule has 0 aliphatic carbocycles. The Kier molecular flexibility index (Phi) is 4.44. The number of methoxy groups -OCH3 is 1. The number of hydrogen-bond acceptors (Lipinski definition) is 3. The van der Waals surface area contributed by atoms with Crippen LogP contribution in [0.5, 0.6) is 5.75 Å². The average Bonchev–Trinajstić information content (AvgIpc) is 2.75. The SMILES string of the molecule is COC(c1ccc2c(c1)CNCCO2)c1ccccc1Cl. The second-order valence-electron chi connectivity index (χ2n) is 5.03. The lowest BCUT2D eigenvalue weighted by atomic mass is 9.99. The fraction of sp³-hybridized carbons (Fsp3) is 0.294. The first-order valence-electron chi connectivity index (χ1n) is 7.03. The maximum atomic E-state index is 6.30. The minimum absolute atomic E-state index is 0.174. The monoisotopic (exact) mass is 303 g/mol. The van der Waals surface area contributed by atoms with Crippen LogP contribution in [0.15, 0.2) is 42.5 Å². The van der Waals surface area contributed by atoms with Gasteiger partial charge >= 0.3 is 0 Å². The summed E-state index contributed by atoms with van der Waals surface area (Å²) >= 11 is 6.30. The van der Waals surface area contributed by atoms with Crippen LogP contribution in [0.2, 0.25) is 5.02 Å². The molecule has 1 N–H and O–H groups in total. The van der Waals surface area contributed by atoms with E-state index >= 15 is 0 Å². The molecule has 3 nitrogen and oxygen atoms in total. The van der Waals surface area contributed by atoms with Crippen molar-refractivity contribution in [2.24, 2.45) is 0 Å². The normalized spacial score (nSPS) is 15.7. The van der Waals surface area contributed by atoms with Gasteiger partial charge in [-0.2, -0.15) is 0 Å². The summed E-state index contributed by atoms with van der Waals surface area (Å²) in [5.74, 6) is 0.942. The molecule has 0 radical (unpaired) electrons. The van der Waals surface area contributed by atoms with E-state index in [9.17, 15) is 0 Å². The summed E-state index contributed by atoms with van der Waals surface area (Å²) in [4.78, 5) is 0. The summed E-state index contributed by atoms with van der Waals surface area (Å²) in [6.07, 6.45) is -0.174. The van der Waals surface area contributed by atoms with Gasteiger partial charge in [0.2, 0.25) is 0 Å². The summed E-state index contributed by atoms with van der Waals surface area (Å²) in [7, 11) is 1.70. The third kappa shape index (κ3) is 3.05. The lowest BCUT2D eigenvalue weighted by Gasteiger charge is -2.19. The molecular formula is C17H18ClNO2. The Bertz CT molecular complexity index is 630. The van der Waals surface area contributed by atoms with E-state index in [1.807, 2.05) is 36.4 Å². The van der Waals surface area contributed by atoms with Gasteiger partial charge in [0.15, 0.2) is 0 Å². The molecule has 4 heteroatoms. The van der Waals surface area contributed by atoms with Gasteiger partial charge in [-0.05, 0) is 23.8 Å². The predicted octanol–water partition coefficient (Wildman–Crippen LogP) is 3.56. The number of halogens is 1. The maximum Gasteiger partial charge on any atom is 0.123 e. The Balaban J connectivity index is 1.98. The minimum Gasteiger partial charge on any atom is -0.492 e. The second-order valence-corrected chi connectivity index (χ2v) is 5.44. The Labute approximate surface area is 129 Å². The standard InChI is InChI=1S/C17H18ClNO2/c1-20-17(14-4-2-3-5-15(14)18)12-6-7-16-13(10-12)11-19-8-9-21-16/h2-7,10,17,19H,8-9,11H2,1H3. The van der Waals surface area contributed by atoms with Crippen molar-refractivity contribution in [3.05, 3.63) is 64.2 Å². The molecule has 0 bridgehead atoms. The van der Waals surface area contributed by atoms with E-state index in [0.717, 1.165) is 35.5 Å². The Morgan fingerprint density at radius 3 is 2.90 bits per heavy atom. The quantitative estimate of drug-likeness (QED) is 0.940. The summed E-state index contributed by atoms with van der Waals surface area (Å²) in [6, 6.07) is 14.0. The van der Waals surface area contributed by atoms with Crippen LogP contribution in [0, 0.1) is 0 Å². The molecule has 1 aliphatic rings. The topological polar surface area (TPSA) is 30.5 Å². The highest BCUT2D eigenvalue weighted by Crippen LogP contribution is 2.33. The highest BCUT2D eigenvalue weighted by molar-refractivity contribution is 6.31. The number of fused-ring (bicyclic) bond motifs is 1. The molecule has 2 aromatic rings. The van der Waals surface area contributed by atoms with Gasteiger partial charge in [-0.15, -0.1) is 0 Å². The van der Waals surface area contributed by atoms with Crippen LogP contribution in [0.25, 0.3) is 0 Å². The third-order valence-electron chi connectivity index (χ3n) is 3.66. The van der Waals surface area contributed by atoms with Gasteiger partial charge in [0.05, 0.1) is 0 Å². The Morgan fingerprint density at radius 2 is 2.10 bits per heavy atom. The van der Waals surface area contributed by atoms with Gasteiger partial charge in [-0.3, -0.25) is 0 Å². The average molecular weight is 304 g/mol. The highest BCUT2D eigenvalue weighted by atomic mass is 35.5. The van der Waals surface area contributed by atoms with Crippen LogP contribution in [0.3, 0.4) is 0 Å². The molecule has 3 rings (SSSR count). The van der Waals surface area contributed by atoms with Crippen LogP contribution >= 0.6 is 11.6 Å². The predicted molar refractivity (Wildman–Crippen MR) is 83.9 cm³/mol. The second kappa shape index (κ2) is 6.48. The van der Waals surface area contributed by atoms with Crippen molar-refractivity contribution >= 4 is 11.6 Å². The van der Waals surface area contributed by atoms with Gasteiger partial charge in [0, 0.05) is 36.3 Å². The molecule has 1 atom stereocenters. The third-order valence-corrected chi connectivity index (χ3v) is 4.01. The van der Waals surface area contributed by atoms with Crippen LogP contribution in [-0.4, -0.2) is 20.3 Å². The molecule has 1 unspecified atom stereocenters. The molecule has 1 aliphatic heterocycles. The molecule has 0 saturated carbocycles. The number of benzene rings is 2. The zero-order valence-corrected chi connectivity index (χ0v) is 12.7. The number of nitrogens with one attached hydrogen (secondary N) is 1. The largest absolute Gasteiger partial charge is 0.492 e. The zero-order chi connectivity index (χ0) is 14.7. The van der Waals surface area contributed by atoms with Gasteiger partial charge in [-0.1, -0.05) is 35.9 Å². The number of rotatable bonds is 3. The summed E-state index contributed by atoms with van der Waals surface area (Å²) < 4.78 is 11.4. The number of hydrogen-bond donors (Lipinski definition) is 1. The lowest BCUT2D eigenvalue weighted by Crippen LogP contribution is -2.16. The van der Waals surface area contributed by atoms with E-state index in [2.05, 4.69) is 11.4 Å². The molecule has 0 fully saturated rings. The highest BCUT2D eigenvalue weighted by Gasteiger charge is 2.18. The van der Waals surface area contributed by atoms with E-state index in [1.54, 1.807) is 7.11 Å². The van der Waals surface area contributed by atoms with Gasteiger partial charge < -0.3 is 14.8 Å². The molecule has 21 heavy (non-hydrogen) atoms. The molecule has 0 aromatic heterocycles. The summed E-state index contributed by atoms with van der Waals surface area (Å²) in [5, 5.41) is 4.06. The van der Waals surface area contributed by atoms with E-state index in [0.29, 0.717) is 11.6 Å². The summed E-state index contributed by atoms with van der Waals surface area (Å²) in [5.41, 5.74) is 3.21. The van der Waals surface area contributed by atoms with Gasteiger partial charge in [0.25, 0.3) is 0 Å². The Hall–Kier alpha value is -1.55. The minimum atomic E-state index is -0.174. The molecule has 0 spiro atoms.